The monoisotopic (exact) mass is 214 g/mol. The van der Waals surface area contributed by atoms with E-state index in [0.29, 0.717) is 25.9 Å². The van der Waals surface area contributed by atoms with Crippen LogP contribution in [0.15, 0.2) is 0 Å². The summed E-state index contributed by atoms with van der Waals surface area (Å²) in [6, 6.07) is 0.0978. The maximum atomic E-state index is 11.5. The molecule has 1 heterocycles. The van der Waals surface area contributed by atoms with Crippen LogP contribution >= 0.6 is 0 Å². The van der Waals surface area contributed by atoms with Crippen molar-refractivity contribution in [3.63, 3.8) is 0 Å². The topological polar surface area (TPSA) is 69.6 Å². The SMILES string of the molecule is CC(=O)NC1CCN(C(=O)CCCO)C1. The molecule has 5 nitrogen and oxygen atoms in total. The predicted octanol–water partition coefficient (Wildman–Crippen LogP) is -0.504. The van der Waals surface area contributed by atoms with Crippen LogP contribution in [-0.2, 0) is 9.59 Å². The minimum atomic E-state index is -0.0512. The van der Waals surface area contributed by atoms with Gasteiger partial charge in [-0.2, -0.15) is 0 Å². The average molecular weight is 214 g/mol. The number of aliphatic hydroxyl groups is 1. The Morgan fingerprint density at radius 2 is 2.27 bits per heavy atom. The van der Waals surface area contributed by atoms with Crippen molar-refractivity contribution in [2.45, 2.75) is 32.2 Å². The Morgan fingerprint density at radius 1 is 1.53 bits per heavy atom. The van der Waals surface area contributed by atoms with E-state index in [1.807, 2.05) is 0 Å². The van der Waals surface area contributed by atoms with Crippen LogP contribution in [0.2, 0.25) is 0 Å². The van der Waals surface area contributed by atoms with Crippen LogP contribution in [-0.4, -0.2) is 47.6 Å². The first kappa shape index (κ1) is 12.0. The minimum Gasteiger partial charge on any atom is -0.396 e. The Kier molecular flexibility index (Phi) is 4.55. The molecule has 1 fully saturated rings. The Hall–Kier alpha value is -1.10. The van der Waals surface area contributed by atoms with E-state index in [-0.39, 0.29) is 24.5 Å². The van der Waals surface area contributed by atoms with Crippen LogP contribution < -0.4 is 5.32 Å². The number of rotatable bonds is 4. The summed E-state index contributed by atoms with van der Waals surface area (Å²) < 4.78 is 0. The molecule has 86 valence electrons. The van der Waals surface area contributed by atoms with Crippen molar-refractivity contribution in [3.8, 4) is 0 Å². The summed E-state index contributed by atoms with van der Waals surface area (Å²) in [5.41, 5.74) is 0. The summed E-state index contributed by atoms with van der Waals surface area (Å²) in [5, 5.41) is 11.4. The molecule has 0 bridgehead atoms. The fourth-order valence-corrected chi connectivity index (χ4v) is 1.78. The van der Waals surface area contributed by atoms with Gasteiger partial charge in [0.05, 0.1) is 0 Å². The molecule has 1 atom stereocenters. The van der Waals surface area contributed by atoms with Gasteiger partial charge in [-0.3, -0.25) is 9.59 Å². The number of amides is 2. The summed E-state index contributed by atoms with van der Waals surface area (Å²) in [7, 11) is 0. The first-order valence-electron chi connectivity index (χ1n) is 5.29. The molecular formula is C10H18N2O3. The van der Waals surface area contributed by atoms with Crippen molar-refractivity contribution in [3.05, 3.63) is 0 Å². The highest BCUT2D eigenvalue weighted by Crippen LogP contribution is 2.11. The number of carbonyl (C=O) groups excluding carboxylic acids is 2. The van der Waals surface area contributed by atoms with E-state index in [2.05, 4.69) is 5.32 Å². The first-order valence-corrected chi connectivity index (χ1v) is 5.29. The normalized spacial score (nSPS) is 20.4. The van der Waals surface area contributed by atoms with E-state index in [4.69, 9.17) is 5.11 Å². The van der Waals surface area contributed by atoms with Gasteiger partial charge in [0.2, 0.25) is 11.8 Å². The number of aliphatic hydroxyl groups excluding tert-OH is 1. The maximum absolute atomic E-state index is 11.5. The molecule has 0 aromatic rings. The van der Waals surface area contributed by atoms with Crippen molar-refractivity contribution < 1.29 is 14.7 Å². The smallest absolute Gasteiger partial charge is 0.222 e. The second-order valence-electron chi connectivity index (χ2n) is 3.85. The first-order chi connectivity index (χ1) is 7.13. The fourth-order valence-electron chi connectivity index (χ4n) is 1.78. The molecule has 0 radical (unpaired) electrons. The van der Waals surface area contributed by atoms with E-state index < -0.39 is 0 Å². The third-order valence-electron chi connectivity index (χ3n) is 2.50. The molecule has 15 heavy (non-hydrogen) atoms. The van der Waals surface area contributed by atoms with Gasteiger partial charge in [-0.25, -0.2) is 0 Å². The summed E-state index contributed by atoms with van der Waals surface area (Å²) >= 11 is 0. The standard InChI is InChI=1S/C10H18N2O3/c1-8(14)11-9-4-5-12(7-9)10(15)3-2-6-13/h9,13H,2-7H2,1H3,(H,11,14). The minimum absolute atomic E-state index is 0.0503. The Bertz CT molecular complexity index is 243. The third-order valence-corrected chi connectivity index (χ3v) is 2.50. The van der Waals surface area contributed by atoms with Crippen LogP contribution in [0.25, 0.3) is 0 Å². The molecule has 1 rings (SSSR count). The highest BCUT2D eigenvalue weighted by Gasteiger charge is 2.25. The van der Waals surface area contributed by atoms with Gasteiger partial charge in [0.1, 0.15) is 0 Å². The van der Waals surface area contributed by atoms with E-state index in [1.165, 1.54) is 6.92 Å². The summed E-state index contributed by atoms with van der Waals surface area (Å²) in [6.45, 7) is 2.84. The molecule has 1 saturated heterocycles. The molecule has 1 unspecified atom stereocenters. The van der Waals surface area contributed by atoms with Gasteiger partial charge < -0.3 is 15.3 Å². The molecule has 1 aliphatic rings. The Balaban J connectivity index is 2.29. The molecule has 0 aromatic heterocycles. The molecule has 2 N–H and O–H groups in total. The number of nitrogens with one attached hydrogen (secondary N) is 1. The quantitative estimate of drug-likeness (QED) is 0.662. The lowest BCUT2D eigenvalue weighted by molar-refractivity contribution is -0.130. The highest BCUT2D eigenvalue weighted by atomic mass is 16.3. The molecule has 5 heteroatoms. The van der Waals surface area contributed by atoms with Gasteiger partial charge in [-0.1, -0.05) is 0 Å². The molecule has 0 spiro atoms. The van der Waals surface area contributed by atoms with E-state index in [1.54, 1.807) is 4.90 Å². The molecule has 0 saturated carbocycles. The molecule has 2 amide bonds. The maximum Gasteiger partial charge on any atom is 0.222 e. The summed E-state index contributed by atoms with van der Waals surface area (Å²) in [4.78, 5) is 24.1. The van der Waals surface area contributed by atoms with Crippen molar-refractivity contribution in [1.29, 1.82) is 0 Å². The van der Waals surface area contributed by atoms with E-state index in [9.17, 15) is 9.59 Å². The number of carbonyl (C=O) groups is 2. The summed E-state index contributed by atoms with van der Waals surface area (Å²) in [5.74, 6) is 0.0153. The van der Waals surface area contributed by atoms with Gasteiger partial charge >= 0.3 is 0 Å². The lowest BCUT2D eigenvalue weighted by Crippen LogP contribution is -2.37. The van der Waals surface area contributed by atoms with Gasteiger partial charge in [0.25, 0.3) is 0 Å². The lowest BCUT2D eigenvalue weighted by Gasteiger charge is -2.16. The van der Waals surface area contributed by atoms with Gasteiger partial charge in [0.15, 0.2) is 0 Å². The zero-order valence-corrected chi connectivity index (χ0v) is 9.03. The zero-order valence-electron chi connectivity index (χ0n) is 9.03. The van der Waals surface area contributed by atoms with Crippen LogP contribution in [0.4, 0.5) is 0 Å². The van der Waals surface area contributed by atoms with Crippen molar-refractivity contribution in [2.75, 3.05) is 19.7 Å². The van der Waals surface area contributed by atoms with Crippen LogP contribution in [0, 0.1) is 0 Å². The molecule has 1 aliphatic heterocycles. The fraction of sp³-hybridized carbons (Fsp3) is 0.800. The summed E-state index contributed by atoms with van der Waals surface area (Å²) in [6.07, 6.45) is 1.73. The van der Waals surface area contributed by atoms with Crippen LogP contribution in [0.5, 0.6) is 0 Å². The molecular weight excluding hydrogens is 196 g/mol. The van der Waals surface area contributed by atoms with Gasteiger partial charge in [0, 0.05) is 39.1 Å². The highest BCUT2D eigenvalue weighted by molar-refractivity contribution is 5.77. The largest absolute Gasteiger partial charge is 0.396 e. The van der Waals surface area contributed by atoms with Crippen LogP contribution in [0.1, 0.15) is 26.2 Å². The molecule has 0 aliphatic carbocycles. The van der Waals surface area contributed by atoms with Crippen molar-refractivity contribution in [1.82, 2.24) is 10.2 Å². The lowest BCUT2D eigenvalue weighted by atomic mass is 10.2. The second kappa shape index (κ2) is 5.70. The van der Waals surface area contributed by atoms with E-state index in [0.717, 1.165) is 6.42 Å². The third kappa shape index (κ3) is 3.87. The van der Waals surface area contributed by atoms with Crippen LogP contribution in [0.3, 0.4) is 0 Å². The Morgan fingerprint density at radius 3 is 2.87 bits per heavy atom. The number of hydrogen-bond acceptors (Lipinski definition) is 3. The van der Waals surface area contributed by atoms with E-state index >= 15 is 0 Å². The second-order valence-corrected chi connectivity index (χ2v) is 3.85. The molecule has 0 aromatic carbocycles. The number of nitrogens with zero attached hydrogens (tertiary/aromatic N) is 1. The zero-order chi connectivity index (χ0) is 11.3. The number of likely N-dealkylation sites (tertiary alicyclic amines) is 1. The average Bonchev–Trinajstić information content (AvgIpc) is 2.61. The van der Waals surface area contributed by atoms with Gasteiger partial charge in [-0.15, -0.1) is 0 Å². The van der Waals surface area contributed by atoms with Gasteiger partial charge in [-0.05, 0) is 12.8 Å². The van der Waals surface area contributed by atoms with Crippen molar-refractivity contribution >= 4 is 11.8 Å². The van der Waals surface area contributed by atoms with Crippen molar-refractivity contribution in [2.24, 2.45) is 0 Å². The Labute approximate surface area is 89.4 Å². The predicted molar refractivity (Wildman–Crippen MR) is 55.1 cm³/mol. The number of hydrogen-bond donors (Lipinski definition) is 2.